The van der Waals surface area contributed by atoms with Crippen LogP contribution in [0.4, 0.5) is 20.2 Å². The van der Waals surface area contributed by atoms with Gasteiger partial charge >= 0.3 is 10.8 Å². The Morgan fingerprint density at radius 2 is 1.77 bits per heavy atom. The van der Waals surface area contributed by atoms with Gasteiger partial charge in [-0.25, -0.2) is 8.42 Å². The Morgan fingerprint density at radius 1 is 1.10 bits per heavy atom. The number of anilines is 2. The van der Waals surface area contributed by atoms with E-state index in [4.69, 9.17) is 22.1 Å². The van der Waals surface area contributed by atoms with Crippen molar-refractivity contribution in [3.8, 4) is 11.4 Å². The lowest BCUT2D eigenvalue weighted by atomic mass is 10.2. The third kappa shape index (κ3) is 5.32. The number of nitrogen functional groups attached to an aromatic ring is 1. The largest absolute Gasteiger partial charge is 0.486 e. The number of nitrogens with zero attached hydrogens (tertiary/aromatic N) is 4. The molecule has 9 nitrogen and oxygen atoms in total. The lowest BCUT2D eigenvalue weighted by Crippen LogP contribution is -2.52. The SMILES string of the molecule is CC1(COc2c(N3CCN(S(=O)(=O)C(F)(F)c4ccc(N)cc4)CC3)cnn(-c3cccc(Cl)c3)c2=O)CC1. The smallest absolute Gasteiger partial charge is 0.384 e. The van der Waals surface area contributed by atoms with E-state index < -0.39 is 26.4 Å². The van der Waals surface area contributed by atoms with Crippen LogP contribution in [0.3, 0.4) is 0 Å². The summed E-state index contributed by atoms with van der Waals surface area (Å²) in [5.74, 6) is 0.0709. The molecule has 2 N–H and O–H groups in total. The molecule has 1 aromatic heterocycles. The van der Waals surface area contributed by atoms with E-state index in [1.807, 2.05) is 0 Å². The summed E-state index contributed by atoms with van der Waals surface area (Å²) in [4.78, 5) is 15.2. The van der Waals surface area contributed by atoms with E-state index in [9.17, 15) is 13.2 Å². The fourth-order valence-corrected chi connectivity index (χ4v) is 5.93. The van der Waals surface area contributed by atoms with Crippen LogP contribution in [0.5, 0.6) is 5.75 Å². The van der Waals surface area contributed by atoms with E-state index in [1.165, 1.54) is 23.0 Å². The predicted molar refractivity (Wildman–Crippen MR) is 145 cm³/mol. The van der Waals surface area contributed by atoms with Crippen molar-refractivity contribution in [3.63, 3.8) is 0 Å². The number of benzene rings is 2. The number of sulfonamides is 1. The van der Waals surface area contributed by atoms with Crippen molar-refractivity contribution < 1.29 is 21.9 Å². The summed E-state index contributed by atoms with van der Waals surface area (Å²) in [6, 6.07) is 11.2. The molecule has 1 aliphatic carbocycles. The molecule has 1 saturated carbocycles. The van der Waals surface area contributed by atoms with Gasteiger partial charge in [0.05, 0.1) is 18.5 Å². The van der Waals surface area contributed by atoms with Gasteiger partial charge in [0, 0.05) is 47.9 Å². The van der Waals surface area contributed by atoms with Crippen LogP contribution in [0, 0.1) is 5.41 Å². The number of piperazine rings is 1. The molecule has 0 unspecified atom stereocenters. The lowest BCUT2D eigenvalue weighted by Gasteiger charge is -2.37. The Hall–Kier alpha value is -3.22. The molecule has 0 atom stereocenters. The van der Waals surface area contributed by atoms with E-state index in [0.29, 0.717) is 23.0 Å². The fourth-order valence-electron chi connectivity index (χ4n) is 4.34. The summed E-state index contributed by atoms with van der Waals surface area (Å²) < 4.78 is 64.0. The third-order valence-electron chi connectivity index (χ3n) is 7.13. The van der Waals surface area contributed by atoms with Crippen molar-refractivity contribution in [2.24, 2.45) is 5.41 Å². The van der Waals surface area contributed by atoms with Crippen molar-refractivity contribution in [1.29, 1.82) is 0 Å². The van der Waals surface area contributed by atoms with Crippen LogP contribution in [0.25, 0.3) is 5.69 Å². The monoisotopic (exact) mass is 579 g/mol. The number of halogens is 3. The highest BCUT2D eigenvalue weighted by Gasteiger charge is 2.51. The standard InChI is InChI=1S/C26H28ClF2N5O4S/c1-25(9-10-25)17-38-23-22(16-31-34(24(23)35)21-4-2-3-19(27)15-21)32-11-13-33(14-12-32)39(36,37)26(28,29)18-5-7-20(30)8-6-18/h2-8,15-16H,9-14,17,30H2,1H3. The van der Waals surface area contributed by atoms with Gasteiger partial charge in [0.25, 0.3) is 10.0 Å². The normalized spacial score (nSPS) is 17.7. The highest BCUT2D eigenvalue weighted by atomic mass is 35.5. The molecule has 208 valence electrons. The van der Waals surface area contributed by atoms with E-state index in [0.717, 1.165) is 29.3 Å². The summed E-state index contributed by atoms with van der Waals surface area (Å²) in [6.07, 6.45) is 3.43. The van der Waals surface area contributed by atoms with Crippen molar-refractivity contribution in [2.45, 2.75) is 25.0 Å². The van der Waals surface area contributed by atoms with Crippen molar-refractivity contribution in [2.75, 3.05) is 43.4 Å². The molecule has 0 bridgehead atoms. The molecule has 2 aromatic carbocycles. The first kappa shape index (κ1) is 27.4. The Labute approximate surface area is 229 Å². The molecule has 3 aromatic rings. The summed E-state index contributed by atoms with van der Waals surface area (Å²) in [7, 11) is -5.01. The van der Waals surface area contributed by atoms with E-state index >= 15 is 8.78 Å². The highest BCUT2D eigenvalue weighted by Crippen LogP contribution is 2.45. The maximum Gasteiger partial charge on any atom is 0.384 e. The van der Waals surface area contributed by atoms with Crippen molar-refractivity contribution in [3.05, 3.63) is 75.7 Å². The molecule has 39 heavy (non-hydrogen) atoms. The van der Waals surface area contributed by atoms with Gasteiger partial charge in [0.1, 0.15) is 5.69 Å². The molecular weight excluding hydrogens is 552 g/mol. The summed E-state index contributed by atoms with van der Waals surface area (Å²) >= 11 is 6.10. The van der Waals surface area contributed by atoms with E-state index in [1.54, 1.807) is 29.2 Å². The topological polar surface area (TPSA) is 111 Å². The van der Waals surface area contributed by atoms with Crippen LogP contribution in [0.2, 0.25) is 5.02 Å². The second-order valence-electron chi connectivity index (χ2n) is 10.2. The minimum absolute atomic E-state index is 0.0195. The number of hydrogen-bond acceptors (Lipinski definition) is 7. The van der Waals surface area contributed by atoms with E-state index in [-0.39, 0.29) is 43.0 Å². The first-order valence-corrected chi connectivity index (χ1v) is 14.2. The Kier molecular flexibility index (Phi) is 7.06. The zero-order valence-electron chi connectivity index (χ0n) is 21.2. The van der Waals surface area contributed by atoms with Gasteiger partial charge in [-0.05, 0) is 55.3 Å². The molecule has 0 radical (unpaired) electrons. The van der Waals surface area contributed by atoms with Gasteiger partial charge in [-0.15, -0.1) is 0 Å². The number of hydrogen-bond donors (Lipinski definition) is 1. The van der Waals surface area contributed by atoms with Crippen molar-refractivity contribution >= 4 is 33.0 Å². The number of aromatic nitrogens is 2. The molecular formula is C26H28ClF2N5O4S. The van der Waals surface area contributed by atoms with Gasteiger partial charge in [-0.2, -0.15) is 22.9 Å². The highest BCUT2D eigenvalue weighted by molar-refractivity contribution is 7.89. The number of ether oxygens (including phenoxy) is 1. The van der Waals surface area contributed by atoms with Gasteiger partial charge < -0.3 is 15.4 Å². The number of alkyl halides is 2. The van der Waals surface area contributed by atoms with Crippen LogP contribution in [0.1, 0.15) is 25.3 Å². The summed E-state index contributed by atoms with van der Waals surface area (Å²) in [6.45, 7) is 2.11. The second kappa shape index (κ2) is 10.1. The maximum atomic E-state index is 15.1. The fraction of sp³-hybridized carbons (Fsp3) is 0.385. The Morgan fingerprint density at radius 3 is 2.38 bits per heavy atom. The molecule has 0 amide bonds. The lowest BCUT2D eigenvalue weighted by molar-refractivity contribution is 0.0810. The molecule has 2 fully saturated rings. The minimum Gasteiger partial charge on any atom is -0.486 e. The van der Waals surface area contributed by atoms with Crippen LogP contribution >= 0.6 is 11.6 Å². The second-order valence-corrected chi connectivity index (χ2v) is 12.6. The maximum absolute atomic E-state index is 15.1. The van der Waals surface area contributed by atoms with Crippen LogP contribution in [-0.4, -0.2) is 55.3 Å². The Balaban J connectivity index is 1.40. The third-order valence-corrected chi connectivity index (χ3v) is 9.29. The molecule has 5 rings (SSSR count). The first-order valence-electron chi connectivity index (χ1n) is 12.4. The Bertz CT molecular complexity index is 1540. The van der Waals surface area contributed by atoms with Gasteiger partial charge in [-0.3, -0.25) is 4.79 Å². The van der Waals surface area contributed by atoms with Crippen molar-refractivity contribution in [1.82, 2.24) is 14.1 Å². The van der Waals surface area contributed by atoms with Crippen LogP contribution in [-0.2, 0) is 15.3 Å². The zero-order chi connectivity index (χ0) is 28.0. The number of nitrogens with two attached hydrogens (primary N) is 1. The molecule has 1 saturated heterocycles. The summed E-state index contributed by atoms with van der Waals surface area (Å²) in [5.41, 5.74) is 5.48. The van der Waals surface area contributed by atoms with Gasteiger partial charge in [-0.1, -0.05) is 24.6 Å². The minimum atomic E-state index is -5.01. The molecule has 0 spiro atoms. The molecule has 1 aliphatic heterocycles. The quantitative estimate of drug-likeness (QED) is 0.404. The zero-order valence-corrected chi connectivity index (χ0v) is 22.8. The molecule has 13 heteroatoms. The summed E-state index contributed by atoms with van der Waals surface area (Å²) in [5, 5.41) is 0.608. The van der Waals surface area contributed by atoms with Crippen LogP contribution < -0.4 is 20.9 Å². The molecule has 2 heterocycles. The van der Waals surface area contributed by atoms with Gasteiger partial charge in [0.15, 0.2) is 0 Å². The number of rotatable bonds is 8. The van der Waals surface area contributed by atoms with Crippen LogP contribution in [0.15, 0.2) is 59.5 Å². The first-order chi connectivity index (χ1) is 18.4. The average molecular weight is 580 g/mol. The average Bonchev–Trinajstić information content (AvgIpc) is 3.65. The van der Waals surface area contributed by atoms with E-state index in [2.05, 4.69) is 12.0 Å². The molecule has 2 aliphatic rings. The predicted octanol–water partition coefficient (Wildman–Crippen LogP) is 3.85. The van der Waals surface area contributed by atoms with Gasteiger partial charge in [0.2, 0.25) is 5.75 Å².